The summed E-state index contributed by atoms with van der Waals surface area (Å²) in [6.45, 7) is 8.90. The van der Waals surface area contributed by atoms with Crippen molar-refractivity contribution < 1.29 is 19.4 Å². The molecule has 2 N–H and O–H groups in total. The minimum absolute atomic E-state index is 0.185. The van der Waals surface area contributed by atoms with Crippen molar-refractivity contribution in [2.45, 2.75) is 52.7 Å². The van der Waals surface area contributed by atoms with Crippen LogP contribution in [0.25, 0.3) is 0 Å². The first-order valence-electron chi connectivity index (χ1n) is 5.42. The topological polar surface area (TPSA) is 75.6 Å². The number of ether oxygens (including phenoxy) is 1. The predicted molar refractivity (Wildman–Crippen MR) is 60.2 cm³/mol. The fourth-order valence-corrected chi connectivity index (χ4v) is 0.993. The summed E-state index contributed by atoms with van der Waals surface area (Å²) in [7, 11) is 0. The van der Waals surface area contributed by atoms with Gasteiger partial charge in [-0.15, -0.1) is 0 Å². The second kappa shape index (κ2) is 5.72. The molecular weight excluding hydrogens is 210 g/mol. The molecule has 94 valence electrons. The minimum atomic E-state index is -1.05. The van der Waals surface area contributed by atoms with Crippen molar-refractivity contribution in [2.24, 2.45) is 5.92 Å². The van der Waals surface area contributed by atoms with Crippen LogP contribution in [0.2, 0.25) is 0 Å². The average Bonchev–Trinajstić information content (AvgIpc) is 2.12. The van der Waals surface area contributed by atoms with E-state index in [1.54, 1.807) is 27.7 Å². The molecule has 1 unspecified atom stereocenters. The Kier molecular flexibility index (Phi) is 5.27. The fraction of sp³-hybridized carbons (Fsp3) is 0.818. The van der Waals surface area contributed by atoms with E-state index in [0.717, 1.165) is 0 Å². The molecule has 0 aliphatic heterocycles. The Balaban J connectivity index is 4.37. The second-order valence-corrected chi connectivity index (χ2v) is 4.71. The van der Waals surface area contributed by atoms with Gasteiger partial charge in [0.2, 0.25) is 0 Å². The number of carbonyl (C=O) groups is 2. The largest absolute Gasteiger partial charge is 0.480 e. The molecule has 0 bridgehead atoms. The molecule has 16 heavy (non-hydrogen) atoms. The number of alkyl carbamates (subject to hydrolysis) is 1. The number of carbonyl (C=O) groups excluding carboxylic acids is 1. The third kappa shape index (κ3) is 5.00. The van der Waals surface area contributed by atoms with Crippen LogP contribution in [0.3, 0.4) is 0 Å². The van der Waals surface area contributed by atoms with Crippen molar-refractivity contribution in [1.29, 1.82) is 0 Å². The van der Waals surface area contributed by atoms with Gasteiger partial charge in [0.05, 0.1) is 0 Å². The first-order chi connectivity index (χ1) is 7.19. The highest BCUT2D eigenvalue weighted by Gasteiger charge is 2.27. The van der Waals surface area contributed by atoms with E-state index in [4.69, 9.17) is 9.84 Å². The number of aliphatic carboxylic acids is 1. The van der Waals surface area contributed by atoms with E-state index >= 15 is 0 Å². The second-order valence-electron chi connectivity index (χ2n) is 4.71. The molecule has 1 amide bonds. The van der Waals surface area contributed by atoms with Crippen molar-refractivity contribution in [3.63, 3.8) is 0 Å². The van der Waals surface area contributed by atoms with E-state index in [2.05, 4.69) is 5.32 Å². The number of amides is 1. The molecule has 0 aromatic rings. The quantitative estimate of drug-likeness (QED) is 0.759. The van der Waals surface area contributed by atoms with E-state index in [0.29, 0.717) is 6.42 Å². The van der Waals surface area contributed by atoms with Gasteiger partial charge in [-0.25, -0.2) is 9.59 Å². The highest BCUT2D eigenvalue weighted by atomic mass is 16.6. The third-order valence-corrected chi connectivity index (χ3v) is 2.43. The summed E-state index contributed by atoms with van der Waals surface area (Å²) in [5.41, 5.74) is -0.579. The lowest BCUT2D eigenvalue weighted by Crippen LogP contribution is -2.46. The molecule has 0 saturated carbocycles. The zero-order valence-corrected chi connectivity index (χ0v) is 10.5. The SMILES string of the molecule is CCC(C)(C)OC(=O)NC(C(=O)O)C(C)C. The third-order valence-electron chi connectivity index (χ3n) is 2.43. The van der Waals surface area contributed by atoms with Crippen molar-refractivity contribution in [3.05, 3.63) is 0 Å². The number of rotatable bonds is 5. The van der Waals surface area contributed by atoms with Gasteiger partial charge in [-0.3, -0.25) is 0 Å². The Bertz CT molecular complexity index is 261. The molecule has 0 radical (unpaired) electrons. The molecular formula is C11H21NO4. The standard InChI is InChI=1S/C11H21NO4/c1-6-11(4,5)16-10(15)12-8(7(2)3)9(13)14/h7-8H,6H2,1-5H3,(H,12,15)(H,13,14). The fourth-order valence-electron chi connectivity index (χ4n) is 0.993. The van der Waals surface area contributed by atoms with Crippen LogP contribution in [-0.2, 0) is 9.53 Å². The van der Waals surface area contributed by atoms with E-state index in [1.165, 1.54) is 0 Å². The van der Waals surface area contributed by atoms with Gasteiger partial charge in [0.15, 0.2) is 0 Å². The zero-order valence-electron chi connectivity index (χ0n) is 10.5. The van der Waals surface area contributed by atoms with Gasteiger partial charge in [0.1, 0.15) is 11.6 Å². The van der Waals surface area contributed by atoms with Crippen molar-refractivity contribution in [2.75, 3.05) is 0 Å². The molecule has 1 atom stereocenters. The molecule has 0 rings (SSSR count). The Morgan fingerprint density at radius 1 is 1.38 bits per heavy atom. The summed E-state index contributed by atoms with van der Waals surface area (Å²) in [4.78, 5) is 22.3. The molecule has 0 aromatic heterocycles. The summed E-state index contributed by atoms with van der Waals surface area (Å²) >= 11 is 0. The molecule has 0 heterocycles. The normalized spacial score (nSPS) is 13.4. The van der Waals surface area contributed by atoms with Crippen LogP contribution >= 0.6 is 0 Å². The maximum Gasteiger partial charge on any atom is 0.408 e. The summed E-state index contributed by atoms with van der Waals surface area (Å²) in [6, 6.07) is -0.917. The van der Waals surface area contributed by atoms with Crippen molar-refractivity contribution in [1.82, 2.24) is 5.32 Å². The van der Waals surface area contributed by atoms with Crippen LogP contribution < -0.4 is 5.32 Å². The first kappa shape index (κ1) is 14.7. The van der Waals surface area contributed by atoms with E-state index < -0.39 is 23.7 Å². The molecule has 0 aliphatic rings. The Morgan fingerprint density at radius 2 is 1.88 bits per heavy atom. The van der Waals surface area contributed by atoms with Crippen molar-refractivity contribution in [3.8, 4) is 0 Å². The number of carboxylic acids is 1. The van der Waals surface area contributed by atoms with Crippen LogP contribution in [0.15, 0.2) is 0 Å². The van der Waals surface area contributed by atoms with E-state index in [1.807, 2.05) is 6.92 Å². The zero-order chi connectivity index (χ0) is 12.9. The van der Waals surface area contributed by atoms with Gasteiger partial charge in [-0.2, -0.15) is 0 Å². The van der Waals surface area contributed by atoms with Gasteiger partial charge in [-0.05, 0) is 26.2 Å². The van der Waals surface area contributed by atoms with E-state index in [-0.39, 0.29) is 5.92 Å². The molecule has 5 heteroatoms. The first-order valence-corrected chi connectivity index (χ1v) is 5.42. The number of carboxylic acid groups (broad SMARTS) is 1. The lowest BCUT2D eigenvalue weighted by molar-refractivity contribution is -0.140. The molecule has 0 aliphatic carbocycles. The summed E-state index contributed by atoms with van der Waals surface area (Å²) in [5.74, 6) is -1.24. The van der Waals surface area contributed by atoms with Crippen LogP contribution in [0, 0.1) is 5.92 Å². The number of hydrogen-bond acceptors (Lipinski definition) is 3. The smallest absolute Gasteiger partial charge is 0.408 e. The van der Waals surface area contributed by atoms with Crippen LogP contribution in [0.5, 0.6) is 0 Å². The summed E-state index contributed by atoms with van der Waals surface area (Å²) in [6.07, 6.45) is -0.0206. The monoisotopic (exact) mass is 231 g/mol. The van der Waals surface area contributed by atoms with Gasteiger partial charge in [0.25, 0.3) is 0 Å². The Morgan fingerprint density at radius 3 is 2.19 bits per heavy atom. The number of nitrogens with one attached hydrogen (secondary N) is 1. The number of hydrogen-bond donors (Lipinski definition) is 2. The van der Waals surface area contributed by atoms with Gasteiger partial charge in [-0.1, -0.05) is 20.8 Å². The maximum absolute atomic E-state index is 11.4. The predicted octanol–water partition coefficient (Wildman–Crippen LogP) is 2.01. The molecule has 0 fully saturated rings. The summed E-state index contributed by atoms with van der Waals surface area (Å²) in [5, 5.41) is 11.2. The minimum Gasteiger partial charge on any atom is -0.480 e. The Labute approximate surface area is 96.2 Å². The lowest BCUT2D eigenvalue weighted by Gasteiger charge is -2.25. The molecule has 5 nitrogen and oxygen atoms in total. The van der Waals surface area contributed by atoms with Crippen molar-refractivity contribution >= 4 is 12.1 Å². The van der Waals surface area contributed by atoms with E-state index in [9.17, 15) is 9.59 Å². The maximum atomic E-state index is 11.4. The van der Waals surface area contributed by atoms with Gasteiger partial charge in [0, 0.05) is 0 Å². The summed E-state index contributed by atoms with van der Waals surface area (Å²) < 4.78 is 5.10. The molecule has 0 saturated heterocycles. The Hall–Kier alpha value is -1.26. The highest BCUT2D eigenvalue weighted by molar-refractivity contribution is 5.80. The van der Waals surface area contributed by atoms with Gasteiger partial charge < -0.3 is 15.2 Å². The highest BCUT2D eigenvalue weighted by Crippen LogP contribution is 2.14. The molecule has 0 aromatic carbocycles. The lowest BCUT2D eigenvalue weighted by atomic mass is 10.1. The van der Waals surface area contributed by atoms with Crippen LogP contribution in [-0.4, -0.2) is 28.8 Å². The van der Waals surface area contributed by atoms with Gasteiger partial charge >= 0.3 is 12.1 Å². The van der Waals surface area contributed by atoms with Crippen LogP contribution in [0.4, 0.5) is 4.79 Å². The average molecular weight is 231 g/mol. The van der Waals surface area contributed by atoms with Crippen LogP contribution in [0.1, 0.15) is 41.0 Å². The molecule has 0 spiro atoms.